The molecule has 2 aromatic carbocycles. The summed E-state index contributed by atoms with van der Waals surface area (Å²) in [5.41, 5.74) is 9.81. The van der Waals surface area contributed by atoms with Gasteiger partial charge in [-0.15, -0.1) is 0 Å². The van der Waals surface area contributed by atoms with E-state index in [1.54, 1.807) is 13.0 Å². The van der Waals surface area contributed by atoms with Crippen LogP contribution in [0.2, 0.25) is 0 Å². The van der Waals surface area contributed by atoms with Gasteiger partial charge in [0.1, 0.15) is 11.8 Å². The van der Waals surface area contributed by atoms with Gasteiger partial charge in [0.2, 0.25) is 0 Å². The Morgan fingerprint density at radius 1 is 1.11 bits per heavy atom. The summed E-state index contributed by atoms with van der Waals surface area (Å²) >= 11 is 0. The zero-order chi connectivity index (χ0) is 20.6. The molecule has 0 bridgehead atoms. The highest BCUT2D eigenvalue weighted by atomic mass is 16.7. The molecule has 0 aromatic heterocycles. The normalized spacial score (nSPS) is 17.9. The van der Waals surface area contributed by atoms with Crippen LogP contribution in [0.5, 0.6) is 0 Å². The number of aliphatic hydroxyl groups excluding tert-OH is 1. The highest BCUT2D eigenvalue weighted by Gasteiger charge is 2.30. The van der Waals surface area contributed by atoms with Crippen LogP contribution in [-0.4, -0.2) is 11.2 Å². The van der Waals surface area contributed by atoms with Crippen molar-refractivity contribution < 1.29 is 9.94 Å². The molecule has 0 spiro atoms. The van der Waals surface area contributed by atoms with Gasteiger partial charge >= 0.3 is 0 Å². The molecule has 148 valence electrons. The highest BCUT2D eigenvalue weighted by Crippen LogP contribution is 2.43. The maximum atomic E-state index is 9.75. The summed E-state index contributed by atoms with van der Waals surface area (Å²) in [4.78, 5) is 6.32. The monoisotopic (exact) mass is 377 g/mol. The summed E-state index contributed by atoms with van der Waals surface area (Å²) in [6.07, 6.45) is 3.46. The largest absolute Gasteiger partial charge is 0.389 e. The van der Waals surface area contributed by atoms with Crippen molar-refractivity contribution in [2.24, 2.45) is 0 Å². The Labute approximate surface area is 168 Å². The third-order valence-corrected chi connectivity index (χ3v) is 5.43. The maximum absolute atomic E-state index is 9.75. The van der Waals surface area contributed by atoms with E-state index in [4.69, 9.17) is 4.84 Å². The summed E-state index contributed by atoms with van der Waals surface area (Å²) in [6, 6.07) is 10.8. The Balaban J connectivity index is 2.19. The van der Waals surface area contributed by atoms with E-state index in [-0.39, 0.29) is 6.04 Å². The molecule has 2 aromatic rings. The summed E-state index contributed by atoms with van der Waals surface area (Å²) in [7, 11) is 0. The summed E-state index contributed by atoms with van der Waals surface area (Å²) < 4.78 is 0. The van der Waals surface area contributed by atoms with E-state index in [1.165, 1.54) is 39.0 Å². The SMILES string of the molecule is CC1=CC(c2cc(C)cc(C)c2C)N(O/C(C)=C\C(C)O)c2cccc(C)c21. The molecule has 1 aliphatic heterocycles. The summed E-state index contributed by atoms with van der Waals surface area (Å²) in [5.74, 6) is 0.683. The molecule has 0 radical (unpaired) electrons. The van der Waals surface area contributed by atoms with Gasteiger partial charge in [-0.05, 0) is 88.4 Å². The van der Waals surface area contributed by atoms with Crippen LogP contribution in [0.3, 0.4) is 0 Å². The lowest BCUT2D eigenvalue weighted by Crippen LogP contribution is -2.31. The lowest BCUT2D eigenvalue weighted by Gasteiger charge is -2.38. The molecule has 2 atom stereocenters. The zero-order valence-corrected chi connectivity index (χ0v) is 18.0. The first-order chi connectivity index (χ1) is 13.2. The average Bonchev–Trinajstić information content (AvgIpc) is 2.59. The lowest BCUT2D eigenvalue weighted by molar-refractivity contribution is 0.156. The fraction of sp³-hybridized carbons (Fsp3) is 0.360. The van der Waals surface area contributed by atoms with E-state index >= 15 is 0 Å². The van der Waals surface area contributed by atoms with Gasteiger partial charge in [0.15, 0.2) is 0 Å². The highest BCUT2D eigenvalue weighted by molar-refractivity contribution is 5.82. The second-order valence-electron chi connectivity index (χ2n) is 7.99. The molecule has 1 heterocycles. The van der Waals surface area contributed by atoms with Gasteiger partial charge in [-0.1, -0.05) is 35.9 Å². The van der Waals surface area contributed by atoms with Gasteiger partial charge in [0, 0.05) is 5.56 Å². The smallest absolute Gasteiger partial charge is 0.127 e. The first kappa shape index (κ1) is 20.2. The predicted octanol–water partition coefficient (Wildman–Crippen LogP) is 6.10. The minimum atomic E-state index is -0.555. The van der Waals surface area contributed by atoms with Gasteiger partial charge < -0.3 is 9.94 Å². The number of fused-ring (bicyclic) bond motifs is 1. The molecule has 0 saturated heterocycles. The van der Waals surface area contributed by atoms with Gasteiger partial charge in [0.25, 0.3) is 0 Å². The van der Waals surface area contributed by atoms with Crippen molar-refractivity contribution in [3.63, 3.8) is 0 Å². The first-order valence-electron chi connectivity index (χ1n) is 9.89. The molecular formula is C25H31NO2. The summed E-state index contributed by atoms with van der Waals surface area (Å²) in [6.45, 7) is 14.4. The van der Waals surface area contributed by atoms with E-state index in [0.717, 1.165) is 5.69 Å². The van der Waals surface area contributed by atoms with Crippen molar-refractivity contribution in [3.05, 3.63) is 81.6 Å². The zero-order valence-electron chi connectivity index (χ0n) is 18.0. The van der Waals surface area contributed by atoms with Crippen LogP contribution in [0, 0.1) is 27.7 Å². The number of rotatable bonds is 4. The third-order valence-electron chi connectivity index (χ3n) is 5.43. The van der Waals surface area contributed by atoms with E-state index in [0.29, 0.717) is 5.76 Å². The molecule has 0 amide bonds. The Bertz CT molecular complexity index is 953. The minimum absolute atomic E-state index is 0.0368. The molecule has 3 heteroatoms. The number of hydrogen-bond donors (Lipinski definition) is 1. The van der Waals surface area contributed by atoms with Crippen LogP contribution < -0.4 is 5.06 Å². The van der Waals surface area contributed by atoms with Gasteiger partial charge in [-0.3, -0.25) is 0 Å². The van der Waals surface area contributed by atoms with Crippen molar-refractivity contribution in [2.45, 2.75) is 60.6 Å². The van der Waals surface area contributed by atoms with E-state index in [9.17, 15) is 5.11 Å². The second-order valence-corrected chi connectivity index (χ2v) is 7.99. The van der Waals surface area contributed by atoms with Crippen LogP contribution in [0.4, 0.5) is 5.69 Å². The number of allylic oxidation sites excluding steroid dienone is 2. The van der Waals surface area contributed by atoms with Gasteiger partial charge in [0.05, 0.1) is 11.8 Å². The number of nitrogens with zero attached hydrogens (tertiary/aromatic N) is 1. The number of benzene rings is 2. The number of hydroxylamine groups is 1. The Morgan fingerprint density at radius 2 is 1.82 bits per heavy atom. The van der Waals surface area contributed by atoms with Crippen molar-refractivity contribution in [2.75, 3.05) is 5.06 Å². The lowest BCUT2D eigenvalue weighted by atomic mass is 9.88. The number of anilines is 1. The molecule has 2 unspecified atom stereocenters. The Kier molecular flexibility index (Phi) is 5.66. The topological polar surface area (TPSA) is 32.7 Å². The molecule has 0 saturated carbocycles. The predicted molar refractivity (Wildman–Crippen MR) is 117 cm³/mol. The number of aryl methyl sites for hydroxylation is 3. The van der Waals surface area contributed by atoms with Crippen LogP contribution >= 0.6 is 0 Å². The van der Waals surface area contributed by atoms with Crippen molar-refractivity contribution in [3.8, 4) is 0 Å². The van der Waals surface area contributed by atoms with Crippen molar-refractivity contribution >= 4 is 11.3 Å². The van der Waals surface area contributed by atoms with Crippen LogP contribution in [0.15, 0.2) is 48.2 Å². The van der Waals surface area contributed by atoms with Crippen LogP contribution in [-0.2, 0) is 4.84 Å². The Hall–Kier alpha value is -2.52. The quantitative estimate of drug-likeness (QED) is 0.653. The molecule has 3 nitrogen and oxygen atoms in total. The molecule has 0 aliphatic carbocycles. The van der Waals surface area contributed by atoms with E-state index in [1.807, 2.05) is 12.0 Å². The molecular weight excluding hydrogens is 346 g/mol. The average molecular weight is 378 g/mol. The third kappa shape index (κ3) is 3.85. The van der Waals surface area contributed by atoms with Crippen LogP contribution in [0.1, 0.15) is 60.2 Å². The Morgan fingerprint density at radius 3 is 2.50 bits per heavy atom. The molecule has 28 heavy (non-hydrogen) atoms. The molecule has 3 rings (SSSR count). The molecule has 1 N–H and O–H groups in total. The van der Waals surface area contributed by atoms with Crippen molar-refractivity contribution in [1.82, 2.24) is 0 Å². The van der Waals surface area contributed by atoms with Gasteiger partial charge in [-0.2, -0.15) is 5.06 Å². The standard InChI is InChI=1S/C25H31NO2/c1-15-11-17(3)21(7)22(12-15)24-13-18(4)25-16(2)9-8-10-23(25)26(24)28-20(6)14-19(5)27/h8-14,19,24,27H,1-7H3/b20-14-. The van der Waals surface area contributed by atoms with E-state index in [2.05, 4.69) is 71.0 Å². The maximum Gasteiger partial charge on any atom is 0.127 e. The number of aliphatic hydroxyl groups is 1. The first-order valence-corrected chi connectivity index (χ1v) is 9.89. The number of hydrogen-bond acceptors (Lipinski definition) is 3. The molecule has 0 fully saturated rings. The molecule has 1 aliphatic rings. The minimum Gasteiger partial charge on any atom is -0.389 e. The van der Waals surface area contributed by atoms with Crippen molar-refractivity contribution in [1.29, 1.82) is 0 Å². The van der Waals surface area contributed by atoms with Crippen LogP contribution in [0.25, 0.3) is 5.57 Å². The second kappa shape index (κ2) is 7.84. The summed E-state index contributed by atoms with van der Waals surface area (Å²) in [5, 5.41) is 11.7. The van der Waals surface area contributed by atoms with Gasteiger partial charge in [-0.25, -0.2) is 0 Å². The fourth-order valence-electron chi connectivity index (χ4n) is 4.11. The fourth-order valence-corrected chi connectivity index (χ4v) is 4.11. The van der Waals surface area contributed by atoms with E-state index < -0.39 is 6.10 Å².